The molecular formula is C21H21N3O2. The number of carbonyl (C=O) groups excluding carboxylic acids is 1. The van der Waals surface area contributed by atoms with Gasteiger partial charge in [0, 0.05) is 24.4 Å². The van der Waals surface area contributed by atoms with E-state index in [-0.39, 0.29) is 12.0 Å². The van der Waals surface area contributed by atoms with Crippen molar-refractivity contribution in [1.29, 1.82) is 0 Å². The highest BCUT2D eigenvalue weighted by Crippen LogP contribution is 2.40. The van der Waals surface area contributed by atoms with Gasteiger partial charge >= 0.3 is 0 Å². The van der Waals surface area contributed by atoms with E-state index in [9.17, 15) is 4.79 Å². The zero-order chi connectivity index (χ0) is 17.5. The lowest BCUT2D eigenvalue weighted by molar-refractivity contribution is 0.0758. The Morgan fingerprint density at radius 3 is 2.73 bits per heavy atom. The van der Waals surface area contributed by atoms with E-state index < -0.39 is 0 Å². The molecule has 2 fully saturated rings. The molecule has 0 spiro atoms. The third kappa shape index (κ3) is 2.55. The highest BCUT2D eigenvalue weighted by molar-refractivity contribution is 6.04. The van der Waals surface area contributed by atoms with E-state index in [1.165, 1.54) is 0 Å². The maximum atomic E-state index is 13.0. The van der Waals surface area contributed by atoms with Crippen molar-refractivity contribution < 1.29 is 9.53 Å². The van der Waals surface area contributed by atoms with Gasteiger partial charge < -0.3 is 9.64 Å². The van der Waals surface area contributed by atoms with Gasteiger partial charge in [0.05, 0.1) is 5.52 Å². The van der Waals surface area contributed by atoms with E-state index >= 15 is 0 Å². The van der Waals surface area contributed by atoms with Crippen LogP contribution in [0.1, 0.15) is 23.3 Å². The topological polar surface area (TPSA) is 58.2 Å². The van der Waals surface area contributed by atoms with E-state index in [4.69, 9.17) is 4.74 Å². The Balaban J connectivity index is 1.33. The number of benzene rings is 2. The molecule has 1 aromatic heterocycles. The zero-order valence-corrected chi connectivity index (χ0v) is 14.5. The number of rotatable bonds is 3. The quantitative estimate of drug-likeness (QED) is 0.789. The second-order valence-electron chi connectivity index (χ2n) is 7.30. The Kier molecular flexibility index (Phi) is 3.66. The maximum absolute atomic E-state index is 13.0. The molecule has 5 rings (SSSR count). The van der Waals surface area contributed by atoms with Crippen molar-refractivity contribution in [3.05, 3.63) is 60.3 Å². The van der Waals surface area contributed by atoms with Crippen LogP contribution in [0.2, 0.25) is 0 Å². The number of hydrogen-bond acceptors (Lipinski definition) is 3. The summed E-state index contributed by atoms with van der Waals surface area (Å²) >= 11 is 0. The number of ether oxygens (including phenoxy) is 1. The maximum Gasteiger partial charge on any atom is 0.275 e. The van der Waals surface area contributed by atoms with Gasteiger partial charge in [-0.1, -0.05) is 36.4 Å². The lowest BCUT2D eigenvalue weighted by Gasteiger charge is -2.21. The van der Waals surface area contributed by atoms with Crippen molar-refractivity contribution in [3.63, 3.8) is 0 Å². The minimum atomic E-state index is 0.0234. The summed E-state index contributed by atoms with van der Waals surface area (Å²) < 4.78 is 6.22. The fraction of sp³-hybridized carbons (Fsp3) is 0.333. The lowest BCUT2D eigenvalue weighted by Crippen LogP contribution is -2.32. The van der Waals surface area contributed by atoms with Crippen LogP contribution in [0.15, 0.2) is 54.6 Å². The number of amides is 1. The normalized spacial score (nSPS) is 24.8. The van der Waals surface area contributed by atoms with E-state index in [0.717, 1.165) is 42.6 Å². The van der Waals surface area contributed by atoms with Crippen LogP contribution in [0.3, 0.4) is 0 Å². The minimum absolute atomic E-state index is 0.0234. The Labute approximate surface area is 152 Å². The van der Waals surface area contributed by atoms with Gasteiger partial charge in [0.15, 0.2) is 5.69 Å². The molecule has 2 aliphatic rings. The first-order valence-electron chi connectivity index (χ1n) is 9.23. The predicted molar refractivity (Wildman–Crippen MR) is 99.1 cm³/mol. The molecule has 5 heteroatoms. The van der Waals surface area contributed by atoms with Crippen molar-refractivity contribution in [2.45, 2.75) is 18.9 Å². The highest BCUT2D eigenvalue weighted by Gasteiger charge is 2.45. The third-order valence-corrected chi connectivity index (χ3v) is 5.78. The van der Waals surface area contributed by atoms with Crippen molar-refractivity contribution in [2.24, 2.45) is 11.8 Å². The Hall–Kier alpha value is -2.82. The monoisotopic (exact) mass is 347 g/mol. The van der Waals surface area contributed by atoms with Gasteiger partial charge in [-0.25, -0.2) is 0 Å². The largest absolute Gasteiger partial charge is 0.490 e. The molecular weight excluding hydrogens is 326 g/mol. The lowest BCUT2D eigenvalue weighted by atomic mass is 9.99. The highest BCUT2D eigenvalue weighted by atomic mass is 16.5. The van der Waals surface area contributed by atoms with Crippen molar-refractivity contribution >= 4 is 16.8 Å². The summed E-state index contributed by atoms with van der Waals surface area (Å²) in [6.07, 6.45) is 2.38. The van der Waals surface area contributed by atoms with Crippen LogP contribution in [0, 0.1) is 11.8 Å². The number of nitrogens with zero attached hydrogens (tertiary/aromatic N) is 2. The molecule has 1 saturated carbocycles. The summed E-state index contributed by atoms with van der Waals surface area (Å²) in [6.45, 7) is 1.56. The minimum Gasteiger partial charge on any atom is -0.490 e. The Morgan fingerprint density at radius 2 is 1.85 bits per heavy atom. The fourth-order valence-corrected chi connectivity index (χ4v) is 4.48. The van der Waals surface area contributed by atoms with E-state index in [1.54, 1.807) is 0 Å². The number of aromatic nitrogens is 2. The number of hydrogen-bond donors (Lipinski definition) is 1. The SMILES string of the molecule is O=C(c1n[nH]c2ccccc12)N1C[C@@H]2CC[C@H](Oc3ccccc3)[C@@H]2C1. The molecule has 132 valence electrons. The number of likely N-dealkylation sites (tertiary alicyclic amines) is 1. The molecule has 1 aliphatic heterocycles. The van der Waals surface area contributed by atoms with Crippen LogP contribution in [0.25, 0.3) is 10.9 Å². The smallest absolute Gasteiger partial charge is 0.275 e. The van der Waals surface area contributed by atoms with Gasteiger partial charge in [-0.2, -0.15) is 5.10 Å². The van der Waals surface area contributed by atoms with Gasteiger partial charge in [-0.3, -0.25) is 9.89 Å². The Morgan fingerprint density at radius 1 is 1.04 bits per heavy atom. The summed E-state index contributed by atoms with van der Waals surface area (Å²) in [4.78, 5) is 15.0. The first kappa shape index (κ1) is 15.4. The molecule has 1 amide bonds. The first-order chi connectivity index (χ1) is 12.8. The van der Waals surface area contributed by atoms with Gasteiger partial charge in [-0.15, -0.1) is 0 Å². The summed E-state index contributed by atoms with van der Waals surface area (Å²) in [5, 5.41) is 8.13. The van der Waals surface area contributed by atoms with Gasteiger partial charge in [0.25, 0.3) is 5.91 Å². The standard InChI is InChI=1S/C21H21N3O2/c25-21(20-16-8-4-5-9-18(16)22-23-20)24-12-14-10-11-19(17(14)13-24)26-15-6-2-1-3-7-15/h1-9,14,17,19H,10-13H2,(H,22,23)/t14-,17+,19-/m0/s1. The third-order valence-electron chi connectivity index (χ3n) is 5.78. The molecule has 3 aromatic rings. The van der Waals surface area contributed by atoms with Crippen LogP contribution in [-0.2, 0) is 0 Å². The number of nitrogens with one attached hydrogen (secondary N) is 1. The molecule has 0 bridgehead atoms. The van der Waals surface area contributed by atoms with Crippen molar-refractivity contribution in [3.8, 4) is 5.75 Å². The van der Waals surface area contributed by atoms with Crippen molar-refractivity contribution in [1.82, 2.24) is 15.1 Å². The molecule has 1 aliphatic carbocycles. The van der Waals surface area contributed by atoms with Gasteiger partial charge in [0.2, 0.25) is 0 Å². The van der Waals surface area contributed by atoms with Crippen LogP contribution >= 0.6 is 0 Å². The molecule has 26 heavy (non-hydrogen) atoms. The number of para-hydroxylation sites is 2. The summed E-state index contributed by atoms with van der Waals surface area (Å²) in [5.41, 5.74) is 1.43. The average Bonchev–Trinajstić information content (AvgIpc) is 3.37. The first-order valence-corrected chi connectivity index (χ1v) is 9.23. The van der Waals surface area contributed by atoms with Crippen LogP contribution in [0.4, 0.5) is 0 Å². The molecule has 1 saturated heterocycles. The Bertz CT molecular complexity index is 937. The molecule has 1 N–H and O–H groups in total. The average molecular weight is 347 g/mol. The molecule has 5 nitrogen and oxygen atoms in total. The fourth-order valence-electron chi connectivity index (χ4n) is 4.48. The summed E-state index contributed by atoms with van der Waals surface area (Å²) in [7, 11) is 0. The summed E-state index contributed by atoms with van der Waals surface area (Å²) in [6, 6.07) is 17.8. The second-order valence-corrected chi connectivity index (χ2v) is 7.30. The molecule has 0 radical (unpaired) electrons. The molecule has 3 atom stereocenters. The van der Waals surface area contributed by atoms with E-state index in [1.807, 2.05) is 59.5 Å². The van der Waals surface area contributed by atoms with Crippen LogP contribution in [0.5, 0.6) is 5.75 Å². The number of carbonyl (C=O) groups is 1. The molecule has 0 unspecified atom stereocenters. The van der Waals surface area contributed by atoms with Crippen molar-refractivity contribution in [2.75, 3.05) is 13.1 Å². The van der Waals surface area contributed by atoms with E-state index in [2.05, 4.69) is 10.2 Å². The number of H-pyrrole nitrogens is 1. The van der Waals surface area contributed by atoms with Crippen LogP contribution in [-0.4, -0.2) is 40.2 Å². The summed E-state index contributed by atoms with van der Waals surface area (Å²) in [5.74, 6) is 1.87. The van der Waals surface area contributed by atoms with Gasteiger partial charge in [-0.05, 0) is 37.0 Å². The molecule has 2 aromatic carbocycles. The molecule has 2 heterocycles. The van der Waals surface area contributed by atoms with Crippen LogP contribution < -0.4 is 4.74 Å². The number of aromatic amines is 1. The zero-order valence-electron chi connectivity index (χ0n) is 14.5. The van der Waals surface area contributed by atoms with E-state index in [0.29, 0.717) is 17.5 Å². The second kappa shape index (κ2) is 6.16. The number of fused-ring (bicyclic) bond motifs is 2. The predicted octanol–water partition coefficient (Wildman–Crippen LogP) is 3.49. The van der Waals surface area contributed by atoms with Gasteiger partial charge in [0.1, 0.15) is 11.9 Å².